The number of nitrogens with one attached hydrogen (secondary N) is 1. The molecule has 0 radical (unpaired) electrons. The third-order valence-corrected chi connectivity index (χ3v) is 7.25. The summed E-state index contributed by atoms with van der Waals surface area (Å²) >= 11 is 2.85. The summed E-state index contributed by atoms with van der Waals surface area (Å²) in [5.41, 5.74) is 2.96. The quantitative estimate of drug-likeness (QED) is 0.386. The lowest BCUT2D eigenvalue weighted by Gasteiger charge is -2.13. The van der Waals surface area contributed by atoms with Crippen LogP contribution in [0.15, 0.2) is 46.9 Å². The molecule has 4 aromatic rings. The molecule has 0 bridgehead atoms. The van der Waals surface area contributed by atoms with Crippen molar-refractivity contribution < 1.29 is 9.18 Å². The maximum absolute atomic E-state index is 13.3. The van der Waals surface area contributed by atoms with Gasteiger partial charge < -0.3 is 14.5 Å². The number of aromatic nitrogens is 4. The second-order valence-corrected chi connectivity index (χ2v) is 9.33. The average molecular weight is 481 g/mol. The minimum atomic E-state index is -0.312. The normalized spacial score (nSPS) is 10.9. The Kier molecular flexibility index (Phi) is 6.62. The van der Waals surface area contributed by atoms with Crippen molar-refractivity contribution >= 4 is 34.8 Å². The molecule has 3 heterocycles. The zero-order valence-electron chi connectivity index (χ0n) is 18.3. The maximum atomic E-state index is 13.3. The van der Waals surface area contributed by atoms with Crippen LogP contribution in [0.5, 0.6) is 0 Å². The van der Waals surface area contributed by atoms with Gasteiger partial charge in [-0.2, -0.15) is 5.26 Å². The Balaban J connectivity index is 1.51. The Labute approximate surface area is 198 Å². The fraction of sp³-hybridized carbons (Fsp3) is 0.217. The first-order chi connectivity index (χ1) is 15.9. The lowest BCUT2D eigenvalue weighted by molar-refractivity contribution is -0.113. The first-order valence-corrected chi connectivity index (χ1v) is 12.0. The molecule has 1 N–H and O–H groups in total. The van der Waals surface area contributed by atoms with Gasteiger partial charge >= 0.3 is 0 Å². The van der Waals surface area contributed by atoms with Crippen LogP contribution in [-0.4, -0.2) is 31.0 Å². The number of hydrogen-bond acceptors (Lipinski definition) is 6. The predicted molar refractivity (Wildman–Crippen MR) is 128 cm³/mol. The van der Waals surface area contributed by atoms with Crippen molar-refractivity contribution in [2.75, 3.05) is 11.1 Å². The summed E-state index contributed by atoms with van der Waals surface area (Å²) in [6.45, 7) is 4.16. The average Bonchev–Trinajstić information content (AvgIpc) is 3.50. The topological polar surface area (TPSA) is 88.5 Å². The molecule has 0 aliphatic carbocycles. The van der Waals surface area contributed by atoms with Crippen molar-refractivity contribution in [3.63, 3.8) is 0 Å². The second kappa shape index (κ2) is 9.60. The second-order valence-electron chi connectivity index (χ2n) is 7.44. The number of rotatable bonds is 7. The predicted octanol–water partition coefficient (Wildman–Crippen LogP) is 4.75. The Bertz CT molecular complexity index is 1330. The number of benzene rings is 1. The summed E-state index contributed by atoms with van der Waals surface area (Å²) in [4.78, 5) is 13.8. The number of carbonyl (C=O) groups is 1. The molecule has 0 aliphatic rings. The fourth-order valence-electron chi connectivity index (χ4n) is 3.46. The number of thioether (sulfide) groups is 1. The zero-order valence-corrected chi connectivity index (χ0v) is 19.9. The molecule has 3 aromatic heterocycles. The molecule has 0 spiro atoms. The van der Waals surface area contributed by atoms with Crippen molar-refractivity contribution in [1.82, 2.24) is 19.3 Å². The molecule has 1 amide bonds. The molecule has 0 unspecified atom stereocenters. The SMILES string of the molecule is Cc1c(C#N)c(NC(=O)CSc2nnc(-c3cccs3)n2C)n(Cc2ccc(F)cc2)c1C. The lowest BCUT2D eigenvalue weighted by Crippen LogP contribution is -2.19. The Morgan fingerprint density at radius 1 is 1.24 bits per heavy atom. The third kappa shape index (κ3) is 4.69. The highest BCUT2D eigenvalue weighted by molar-refractivity contribution is 7.99. The third-order valence-electron chi connectivity index (χ3n) is 5.36. The lowest BCUT2D eigenvalue weighted by atomic mass is 10.2. The van der Waals surface area contributed by atoms with Gasteiger partial charge in [-0.25, -0.2) is 4.39 Å². The van der Waals surface area contributed by atoms with Gasteiger partial charge in [0, 0.05) is 19.3 Å². The smallest absolute Gasteiger partial charge is 0.235 e. The van der Waals surface area contributed by atoms with Gasteiger partial charge in [-0.15, -0.1) is 21.5 Å². The number of nitrogens with zero attached hydrogens (tertiary/aromatic N) is 5. The summed E-state index contributed by atoms with van der Waals surface area (Å²) in [6.07, 6.45) is 0. The Morgan fingerprint density at radius 3 is 2.67 bits per heavy atom. The van der Waals surface area contributed by atoms with Crippen molar-refractivity contribution in [3.8, 4) is 16.8 Å². The molecule has 33 heavy (non-hydrogen) atoms. The van der Waals surface area contributed by atoms with E-state index in [9.17, 15) is 14.4 Å². The van der Waals surface area contributed by atoms with Crippen LogP contribution in [0.25, 0.3) is 10.7 Å². The molecule has 0 saturated heterocycles. The van der Waals surface area contributed by atoms with Crippen LogP contribution in [0.4, 0.5) is 10.2 Å². The number of halogens is 1. The van der Waals surface area contributed by atoms with E-state index >= 15 is 0 Å². The van der Waals surface area contributed by atoms with Crippen molar-refractivity contribution in [2.45, 2.75) is 25.5 Å². The van der Waals surface area contributed by atoms with Gasteiger partial charge in [0.25, 0.3) is 0 Å². The van der Waals surface area contributed by atoms with E-state index in [1.165, 1.54) is 23.9 Å². The van der Waals surface area contributed by atoms with E-state index in [1.807, 2.05) is 47.5 Å². The summed E-state index contributed by atoms with van der Waals surface area (Å²) in [6, 6.07) is 12.3. The van der Waals surface area contributed by atoms with Crippen molar-refractivity contribution in [1.29, 1.82) is 5.26 Å². The first kappa shape index (κ1) is 22.8. The molecular formula is C23H21FN6OS2. The van der Waals surface area contributed by atoms with Gasteiger partial charge in [0.2, 0.25) is 5.91 Å². The molecule has 10 heteroatoms. The number of carbonyl (C=O) groups excluding carboxylic acids is 1. The van der Waals surface area contributed by atoms with Gasteiger partial charge in [0.15, 0.2) is 11.0 Å². The van der Waals surface area contributed by atoms with E-state index in [2.05, 4.69) is 21.6 Å². The number of nitriles is 1. The van der Waals surface area contributed by atoms with Gasteiger partial charge in [-0.3, -0.25) is 4.79 Å². The Hall–Kier alpha value is -3.42. The zero-order chi connectivity index (χ0) is 23.5. The molecule has 168 valence electrons. The van der Waals surface area contributed by atoms with Gasteiger partial charge in [0.05, 0.1) is 16.2 Å². The van der Waals surface area contributed by atoms with E-state index in [1.54, 1.807) is 23.5 Å². The van der Waals surface area contributed by atoms with Crippen LogP contribution in [-0.2, 0) is 18.4 Å². The van der Waals surface area contributed by atoms with Crippen LogP contribution in [0.3, 0.4) is 0 Å². The van der Waals surface area contributed by atoms with E-state index in [0.29, 0.717) is 23.1 Å². The van der Waals surface area contributed by atoms with Crippen molar-refractivity contribution in [3.05, 3.63) is 70.0 Å². The highest BCUT2D eigenvalue weighted by atomic mass is 32.2. The van der Waals surface area contributed by atoms with E-state index < -0.39 is 0 Å². The summed E-state index contributed by atoms with van der Waals surface area (Å²) in [5.74, 6) is 0.739. The highest BCUT2D eigenvalue weighted by Crippen LogP contribution is 2.29. The molecule has 7 nitrogen and oxygen atoms in total. The van der Waals surface area contributed by atoms with Crippen LogP contribution in [0.1, 0.15) is 22.4 Å². The summed E-state index contributed by atoms with van der Waals surface area (Å²) < 4.78 is 17.0. The van der Waals surface area contributed by atoms with E-state index in [-0.39, 0.29) is 17.5 Å². The molecule has 1 aromatic carbocycles. The van der Waals surface area contributed by atoms with Crippen LogP contribution >= 0.6 is 23.1 Å². The largest absolute Gasteiger partial charge is 0.326 e. The van der Waals surface area contributed by atoms with Crippen LogP contribution < -0.4 is 5.32 Å². The van der Waals surface area contributed by atoms with E-state index in [4.69, 9.17) is 0 Å². The molecule has 0 fully saturated rings. The Morgan fingerprint density at radius 2 is 2.00 bits per heavy atom. The fourth-order valence-corrected chi connectivity index (χ4v) is 4.91. The number of amides is 1. The van der Waals surface area contributed by atoms with E-state index in [0.717, 1.165) is 27.5 Å². The molecular weight excluding hydrogens is 459 g/mol. The number of hydrogen-bond donors (Lipinski definition) is 1. The van der Waals surface area contributed by atoms with Crippen LogP contribution in [0.2, 0.25) is 0 Å². The van der Waals surface area contributed by atoms with Crippen molar-refractivity contribution in [2.24, 2.45) is 7.05 Å². The number of anilines is 1. The standard InChI is InChI=1S/C23H21FN6OS2/c1-14-15(2)30(12-16-6-8-17(24)9-7-16)21(18(14)11-25)26-20(31)13-33-23-28-27-22(29(23)3)19-5-4-10-32-19/h4-10H,12-13H2,1-3H3,(H,26,31). The minimum Gasteiger partial charge on any atom is -0.326 e. The number of thiophene rings is 1. The maximum Gasteiger partial charge on any atom is 0.235 e. The summed E-state index contributed by atoms with van der Waals surface area (Å²) in [7, 11) is 1.86. The monoisotopic (exact) mass is 480 g/mol. The summed E-state index contributed by atoms with van der Waals surface area (Å²) in [5, 5.41) is 23.6. The molecule has 0 saturated carbocycles. The van der Waals surface area contributed by atoms with Crippen LogP contribution in [0, 0.1) is 31.0 Å². The minimum absolute atomic E-state index is 0.112. The first-order valence-electron chi connectivity index (χ1n) is 10.1. The molecule has 0 atom stereocenters. The highest BCUT2D eigenvalue weighted by Gasteiger charge is 2.21. The molecule has 4 rings (SSSR count). The van der Waals surface area contributed by atoms with Gasteiger partial charge in [-0.05, 0) is 48.6 Å². The van der Waals surface area contributed by atoms with Gasteiger partial charge in [-0.1, -0.05) is 30.0 Å². The molecule has 0 aliphatic heterocycles. The van der Waals surface area contributed by atoms with Gasteiger partial charge in [0.1, 0.15) is 17.7 Å².